The molecular weight excluding hydrogens is 346 g/mol. The van der Waals surface area contributed by atoms with Gasteiger partial charge in [0.2, 0.25) is 0 Å². The van der Waals surface area contributed by atoms with Crippen LogP contribution in [0.15, 0.2) is 48.7 Å². The number of hydrogen-bond donors (Lipinski definition) is 2. The largest absolute Gasteiger partial charge is 0.384 e. The van der Waals surface area contributed by atoms with Crippen molar-refractivity contribution in [3.8, 4) is 0 Å². The molecule has 1 aromatic carbocycles. The highest BCUT2D eigenvalue weighted by Gasteiger charge is 2.47. The molecule has 0 radical (unpaired) electrons. The average molecular weight is 372 g/mol. The van der Waals surface area contributed by atoms with E-state index in [9.17, 15) is 5.11 Å². The highest BCUT2D eigenvalue weighted by atomic mass is 35.5. The second-order valence-corrected chi connectivity index (χ2v) is 7.96. The predicted molar refractivity (Wildman–Crippen MR) is 104 cm³/mol. The molecule has 1 aliphatic heterocycles. The third-order valence-electron chi connectivity index (χ3n) is 6.15. The van der Waals surface area contributed by atoms with Crippen LogP contribution in [0.3, 0.4) is 0 Å². The van der Waals surface area contributed by atoms with Gasteiger partial charge in [-0.25, -0.2) is 0 Å². The van der Waals surface area contributed by atoms with Crippen molar-refractivity contribution < 1.29 is 5.11 Å². The van der Waals surface area contributed by atoms with E-state index in [0.717, 1.165) is 62.6 Å². The summed E-state index contributed by atoms with van der Waals surface area (Å²) in [4.78, 5) is 7.03. The van der Waals surface area contributed by atoms with Gasteiger partial charge in [-0.3, -0.25) is 9.88 Å². The van der Waals surface area contributed by atoms with Crippen LogP contribution >= 0.6 is 11.6 Å². The number of aliphatic hydroxyl groups is 1. The maximum atomic E-state index is 11.2. The lowest BCUT2D eigenvalue weighted by atomic mass is 9.68. The van der Waals surface area contributed by atoms with Gasteiger partial charge in [0.1, 0.15) is 5.60 Å². The number of aromatic nitrogens is 1. The molecule has 1 aromatic heterocycles. The molecule has 1 saturated carbocycles. The van der Waals surface area contributed by atoms with Gasteiger partial charge < -0.3 is 10.4 Å². The Morgan fingerprint density at radius 3 is 2.27 bits per heavy atom. The Morgan fingerprint density at radius 1 is 0.962 bits per heavy atom. The molecule has 26 heavy (non-hydrogen) atoms. The number of nitrogens with one attached hydrogen (secondary N) is 1. The van der Waals surface area contributed by atoms with E-state index in [1.807, 2.05) is 30.3 Å². The number of rotatable bonds is 3. The van der Waals surface area contributed by atoms with Crippen LogP contribution in [-0.4, -0.2) is 41.2 Å². The van der Waals surface area contributed by atoms with Gasteiger partial charge in [-0.2, -0.15) is 0 Å². The monoisotopic (exact) mass is 371 g/mol. The van der Waals surface area contributed by atoms with Gasteiger partial charge >= 0.3 is 0 Å². The van der Waals surface area contributed by atoms with Gasteiger partial charge in [0, 0.05) is 42.9 Å². The Kier molecular flexibility index (Phi) is 5.02. The minimum atomic E-state index is -0.828. The Labute approximate surface area is 160 Å². The molecule has 2 fully saturated rings. The molecule has 0 bridgehead atoms. The van der Waals surface area contributed by atoms with Crippen molar-refractivity contribution in [1.29, 1.82) is 0 Å². The average Bonchev–Trinajstić information content (AvgIpc) is 2.71. The second kappa shape index (κ2) is 7.28. The summed E-state index contributed by atoms with van der Waals surface area (Å²) in [5.41, 5.74) is 1.25. The fourth-order valence-corrected chi connectivity index (χ4v) is 4.74. The maximum Gasteiger partial charge on any atom is 0.107 e. The summed E-state index contributed by atoms with van der Waals surface area (Å²) in [5, 5.41) is 15.5. The molecule has 0 atom stereocenters. The Bertz CT molecular complexity index is 721. The van der Waals surface area contributed by atoms with Crippen LogP contribution in [0.1, 0.15) is 36.9 Å². The molecule has 5 heteroatoms. The topological polar surface area (TPSA) is 48.4 Å². The van der Waals surface area contributed by atoms with E-state index in [1.165, 1.54) is 5.56 Å². The zero-order valence-electron chi connectivity index (χ0n) is 15.0. The lowest BCUT2D eigenvalue weighted by molar-refractivity contribution is -0.0679. The van der Waals surface area contributed by atoms with E-state index in [-0.39, 0.29) is 5.54 Å². The summed E-state index contributed by atoms with van der Waals surface area (Å²) in [5.74, 6) is 0. The first-order chi connectivity index (χ1) is 12.6. The molecule has 0 unspecified atom stereocenters. The first kappa shape index (κ1) is 17.9. The van der Waals surface area contributed by atoms with Gasteiger partial charge in [-0.15, -0.1) is 0 Å². The fourth-order valence-electron chi connectivity index (χ4n) is 4.61. The fraction of sp³-hybridized carbons (Fsp3) is 0.476. The minimum absolute atomic E-state index is 0.0340. The lowest BCUT2D eigenvalue weighted by Gasteiger charge is -2.51. The van der Waals surface area contributed by atoms with Crippen LogP contribution in [-0.2, 0) is 11.1 Å². The molecule has 1 aliphatic carbocycles. The summed E-state index contributed by atoms with van der Waals surface area (Å²) >= 11 is 6.14. The van der Waals surface area contributed by atoms with Gasteiger partial charge in [0.25, 0.3) is 0 Å². The number of halogens is 1. The molecule has 2 N–H and O–H groups in total. The normalized spacial score (nSPS) is 30.2. The molecule has 138 valence electrons. The third kappa shape index (κ3) is 3.27. The van der Waals surface area contributed by atoms with Crippen molar-refractivity contribution in [2.75, 3.05) is 26.2 Å². The van der Waals surface area contributed by atoms with Crippen LogP contribution < -0.4 is 5.32 Å². The first-order valence-electron chi connectivity index (χ1n) is 9.48. The Balaban J connectivity index is 1.64. The number of pyridine rings is 1. The summed E-state index contributed by atoms with van der Waals surface area (Å²) < 4.78 is 0. The van der Waals surface area contributed by atoms with Crippen molar-refractivity contribution in [2.45, 2.75) is 36.8 Å². The maximum absolute atomic E-state index is 11.2. The van der Waals surface area contributed by atoms with Crippen LogP contribution in [0, 0.1) is 0 Å². The molecule has 0 spiro atoms. The van der Waals surface area contributed by atoms with Crippen LogP contribution in [0.4, 0.5) is 0 Å². The van der Waals surface area contributed by atoms with Gasteiger partial charge in [0.05, 0.1) is 5.69 Å². The quantitative estimate of drug-likeness (QED) is 0.869. The van der Waals surface area contributed by atoms with E-state index in [0.29, 0.717) is 0 Å². The van der Waals surface area contributed by atoms with E-state index in [2.05, 4.69) is 27.3 Å². The predicted octanol–water partition coefficient (Wildman–Crippen LogP) is 3.30. The highest BCUT2D eigenvalue weighted by molar-refractivity contribution is 6.30. The Hall–Kier alpha value is -1.46. The van der Waals surface area contributed by atoms with E-state index in [1.54, 1.807) is 6.20 Å². The van der Waals surface area contributed by atoms with Crippen LogP contribution in [0.5, 0.6) is 0 Å². The summed E-state index contributed by atoms with van der Waals surface area (Å²) in [6.07, 6.45) is 5.04. The van der Waals surface area contributed by atoms with Crippen molar-refractivity contribution >= 4 is 11.6 Å². The molecule has 4 rings (SSSR count). The zero-order chi connectivity index (χ0) is 18.0. The van der Waals surface area contributed by atoms with Crippen molar-refractivity contribution in [2.24, 2.45) is 0 Å². The smallest absolute Gasteiger partial charge is 0.107 e. The summed E-state index contributed by atoms with van der Waals surface area (Å²) in [6.45, 7) is 4.09. The zero-order valence-corrected chi connectivity index (χ0v) is 15.8. The number of benzene rings is 1. The second-order valence-electron chi connectivity index (χ2n) is 7.52. The standard InChI is InChI=1S/C21H26ClN3O/c22-18-6-4-17(5-7-18)20(25-15-13-23-14-16-25)8-10-21(26,11-9-20)19-3-1-2-12-24-19/h1-7,12,23,26H,8-11,13-16H2. The van der Waals surface area contributed by atoms with Crippen LogP contribution in [0.2, 0.25) is 5.02 Å². The number of hydrogen-bond acceptors (Lipinski definition) is 4. The minimum Gasteiger partial charge on any atom is -0.384 e. The van der Waals surface area contributed by atoms with Gasteiger partial charge in [0.15, 0.2) is 0 Å². The third-order valence-corrected chi connectivity index (χ3v) is 6.40. The van der Waals surface area contributed by atoms with Crippen molar-refractivity contribution in [1.82, 2.24) is 15.2 Å². The molecular formula is C21H26ClN3O. The number of nitrogens with zero attached hydrogens (tertiary/aromatic N) is 2. The molecule has 1 saturated heterocycles. The summed E-state index contributed by atoms with van der Waals surface area (Å²) in [6, 6.07) is 14.1. The molecule has 2 heterocycles. The Morgan fingerprint density at radius 2 is 1.65 bits per heavy atom. The van der Waals surface area contributed by atoms with Crippen molar-refractivity contribution in [3.05, 3.63) is 64.9 Å². The molecule has 2 aromatic rings. The van der Waals surface area contributed by atoms with E-state index < -0.39 is 5.60 Å². The molecule has 4 nitrogen and oxygen atoms in total. The summed E-state index contributed by atoms with van der Waals surface area (Å²) in [7, 11) is 0. The highest BCUT2D eigenvalue weighted by Crippen LogP contribution is 2.48. The van der Waals surface area contributed by atoms with Crippen molar-refractivity contribution in [3.63, 3.8) is 0 Å². The van der Waals surface area contributed by atoms with Gasteiger partial charge in [-0.1, -0.05) is 29.8 Å². The van der Waals surface area contributed by atoms with Gasteiger partial charge in [-0.05, 0) is 55.5 Å². The lowest BCUT2D eigenvalue weighted by Crippen LogP contribution is -2.57. The molecule has 0 amide bonds. The number of piperazine rings is 1. The van der Waals surface area contributed by atoms with E-state index in [4.69, 9.17) is 11.6 Å². The first-order valence-corrected chi connectivity index (χ1v) is 9.86. The SMILES string of the molecule is OC1(c2ccccn2)CCC(c2ccc(Cl)cc2)(N2CCNCC2)CC1. The molecule has 2 aliphatic rings. The van der Waals surface area contributed by atoms with E-state index >= 15 is 0 Å². The van der Waals surface area contributed by atoms with Crippen LogP contribution in [0.25, 0.3) is 0 Å².